The minimum Gasteiger partial charge on any atom is -0.198 e. The molecule has 0 saturated carbocycles. The van der Waals surface area contributed by atoms with E-state index in [4.69, 9.17) is 0 Å². The molecular weight excluding hydrogens is 168 g/mol. The van der Waals surface area contributed by atoms with E-state index in [-0.39, 0.29) is 0 Å². The fraction of sp³-hybridized carbons (Fsp3) is 0.429. The molecule has 68 valence electrons. The van der Waals surface area contributed by atoms with E-state index in [2.05, 4.69) is 37.7 Å². The van der Waals surface area contributed by atoms with Crippen molar-refractivity contribution in [2.45, 2.75) is 19.3 Å². The summed E-state index contributed by atoms with van der Waals surface area (Å²) in [5, 5.41) is 20.6. The van der Waals surface area contributed by atoms with Crippen LogP contribution in [0.3, 0.4) is 0 Å². The van der Waals surface area contributed by atoms with Crippen LogP contribution in [0.4, 0.5) is 0 Å². The second kappa shape index (κ2) is 3.34. The summed E-state index contributed by atoms with van der Waals surface area (Å²) in [6.45, 7) is 2.08. The Hall–Kier alpha value is -1.72. The lowest BCUT2D eigenvalue weighted by molar-refractivity contribution is 0.706. The highest BCUT2D eigenvalue weighted by atomic mass is 15.3. The van der Waals surface area contributed by atoms with Crippen molar-refractivity contribution in [3.8, 4) is 0 Å². The molecule has 0 spiro atoms. The lowest BCUT2D eigenvalue weighted by Gasteiger charge is -2.03. The average Bonchev–Trinajstić information content (AvgIpc) is 2.74. The van der Waals surface area contributed by atoms with Crippen molar-refractivity contribution in [2.75, 3.05) is 0 Å². The molecule has 13 heavy (non-hydrogen) atoms. The van der Waals surface area contributed by atoms with Crippen LogP contribution in [0, 0.1) is 0 Å². The van der Waals surface area contributed by atoms with Gasteiger partial charge in [-0.2, -0.15) is 30.8 Å². The molecule has 6 nitrogen and oxygen atoms in total. The van der Waals surface area contributed by atoms with Gasteiger partial charge in [0, 0.05) is 12.3 Å². The summed E-state index contributed by atoms with van der Waals surface area (Å²) >= 11 is 0. The predicted octanol–water partition coefficient (Wildman–Crippen LogP) is 0.269. The van der Waals surface area contributed by atoms with Crippen LogP contribution < -0.4 is 0 Å². The Morgan fingerprint density at radius 3 is 2.62 bits per heavy atom. The summed E-state index contributed by atoms with van der Waals surface area (Å²) in [4.78, 5) is 0. The molecule has 0 aliphatic rings. The SMILES string of the molecule is CC(Cc1cn[nH]n1)c1cn[nH]n1. The molecule has 0 aromatic carbocycles. The highest BCUT2D eigenvalue weighted by Gasteiger charge is 2.10. The Kier molecular flexibility index (Phi) is 2.03. The van der Waals surface area contributed by atoms with Crippen LogP contribution in [0.5, 0.6) is 0 Å². The maximum Gasteiger partial charge on any atom is 0.0856 e. The zero-order valence-corrected chi connectivity index (χ0v) is 7.23. The van der Waals surface area contributed by atoms with Crippen molar-refractivity contribution >= 4 is 0 Å². The van der Waals surface area contributed by atoms with Gasteiger partial charge >= 0.3 is 0 Å². The number of nitrogens with zero attached hydrogens (tertiary/aromatic N) is 4. The molecule has 6 heteroatoms. The largest absolute Gasteiger partial charge is 0.198 e. The molecule has 1 atom stereocenters. The van der Waals surface area contributed by atoms with Crippen molar-refractivity contribution in [2.24, 2.45) is 0 Å². The number of H-pyrrole nitrogens is 2. The van der Waals surface area contributed by atoms with Crippen LogP contribution in [-0.2, 0) is 6.42 Å². The first-order chi connectivity index (χ1) is 6.36. The van der Waals surface area contributed by atoms with Gasteiger partial charge in [-0.1, -0.05) is 6.92 Å². The molecule has 2 rings (SSSR count). The van der Waals surface area contributed by atoms with Gasteiger partial charge in [-0.25, -0.2) is 0 Å². The average molecular weight is 178 g/mol. The monoisotopic (exact) mass is 178 g/mol. The molecule has 2 N–H and O–H groups in total. The highest BCUT2D eigenvalue weighted by molar-refractivity contribution is 5.05. The molecule has 0 aliphatic heterocycles. The topological polar surface area (TPSA) is 83.1 Å². The molecule has 0 fully saturated rings. The van der Waals surface area contributed by atoms with Crippen LogP contribution in [0.15, 0.2) is 12.4 Å². The Morgan fingerprint density at radius 1 is 1.23 bits per heavy atom. The number of rotatable bonds is 3. The molecule has 2 aromatic heterocycles. The van der Waals surface area contributed by atoms with Crippen molar-refractivity contribution in [1.82, 2.24) is 30.8 Å². The van der Waals surface area contributed by atoms with E-state index >= 15 is 0 Å². The number of aromatic nitrogens is 6. The minimum absolute atomic E-state index is 0.309. The third-order valence-electron chi connectivity index (χ3n) is 1.92. The van der Waals surface area contributed by atoms with E-state index in [1.54, 1.807) is 12.4 Å². The van der Waals surface area contributed by atoms with E-state index < -0.39 is 0 Å². The van der Waals surface area contributed by atoms with E-state index in [1.165, 1.54) is 0 Å². The number of hydrogen-bond donors (Lipinski definition) is 2. The molecule has 2 aromatic rings. The Balaban J connectivity index is 2.04. The smallest absolute Gasteiger partial charge is 0.0856 e. The maximum atomic E-state index is 4.00. The first-order valence-corrected chi connectivity index (χ1v) is 4.06. The van der Waals surface area contributed by atoms with Gasteiger partial charge in [-0.15, -0.1) is 0 Å². The first-order valence-electron chi connectivity index (χ1n) is 4.06. The van der Waals surface area contributed by atoms with Gasteiger partial charge in [0.25, 0.3) is 0 Å². The third-order valence-corrected chi connectivity index (χ3v) is 1.92. The van der Waals surface area contributed by atoms with Gasteiger partial charge in [0.15, 0.2) is 0 Å². The standard InChI is InChI=1S/C7H10N6/c1-5(7-4-9-13-11-7)2-6-3-8-12-10-6/h3-5H,2H2,1H3,(H,8,10,12)(H,9,11,13). The normalized spacial score (nSPS) is 13.0. The van der Waals surface area contributed by atoms with Gasteiger partial charge in [0.2, 0.25) is 0 Å². The van der Waals surface area contributed by atoms with E-state index in [0.29, 0.717) is 5.92 Å². The summed E-state index contributed by atoms with van der Waals surface area (Å²) < 4.78 is 0. The Morgan fingerprint density at radius 2 is 2.00 bits per heavy atom. The highest BCUT2D eigenvalue weighted by Crippen LogP contribution is 2.14. The Bertz CT molecular complexity index is 337. The van der Waals surface area contributed by atoms with Crippen LogP contribution in [-0.4, -0.2) is 30.8 Å². The Labute approximate surface area is 74.8 Å². The lowest BCUT2D eigenvalue weighted by Crippen LogP contribution is -1.99. The van der Waals surface area contributed by atoms with Gasteiger partial charge in [0.05, 0.1) is 23.8 Å². The van der Waals surface area contributed by atoms with Crippen molar-refractivity contribution in [1.29, 1.82) is 0 Å². The van der Waals surface area contributed by atoms with Gasteiger partial charge in [-0.05, 0) is 0 Å². The number of aromatic amines is 2. The van der Waals surface area contributed by atoms with Crippen molar-refractivity contribution < 1.29 is 0 Å². The summed E-state index contributed by atoms with van der Waals surface area (Å²) in [6, 6.07) is 0. The van der Waals surface area contributed by atoms with Crippen LogP contribution in [0.25, 0.3) is 0 Å². The zero-order valence-electron chi connectivity index (χ0n) is 7.23. The number of nitrogens with one attached hydrogen (secondary N) is 2. The molecule has 2 heterocycles. The van der Waals surface area contributed by atoms with E-state index in [1.807, 2.05) is 0 Å². The van der Waals surface area contributed by atoms with Gasteiger partial charge in [0.1, 0.15) is 0 Å². The minimum atomic E-state index is 0.309. The molecule has 1 unspecified atom stereocenters. The summed E-state index contributed by atoms with van der Waals surface area (Å²) in [7, 11) is 0. The third kappa shape index (κ3) is 1.71. The van der Waals surface area contributed by atoms with Gasteiger partial charge in [-0.3, -0.25) is 0 Å². The lowest BCUT2D eigenvalue weighted by atomic mass is 10.0. The number of hydrogen-bond acceptors (Lipinski definition) is 4. The quantitative estimate of drug-likeness (QED) is 0.706. The van der Waals surface area contributed by atoms with Crippen molar-refractivity contribution in [3.05, 3.63) is 23.8 Å². The van der Waals surface area contributed by atoms with Crippen molar-refractivity contribution in [3.63, 3.8) is 0 Å². The second-order valence-electron chi connectivity index (χ2n) is 2.96. The van der Waals surface area contributed by atoms with Crippen LogP contribution in [0.2, 0.25) is 0 Å². The van der Waals surface area contributed by atoms with Crippen LogP contribution in [0.1, 0.15) is 24.2 Å². The molecule has 0 saturated heterocycles. The molecule has 0 radical (unpaired) electrons. The molecule has 0 amide bonds. The fourth-order valence-electron chi connectivity index (χ4n) is 1.19. The molecule has 0 aliphatic carbocycles. The maximum absolute atomic E-state index is 4.00. The first kappa shape index (κ1) is 7.90. The predicted molar refractivity (Wildman–Crippen MR) is 44.9 cm³/mol. The molecular formula is C7H10N6. The van der Waals surface area contributed by atoms with Gasteiger partial charge < -0.3 is 0 Å². The molecule has 0 bridgehead atoms. The zero-order chi connectivity index (χ0) is 9.10. The summed E-state index contributed by atoms with van der Waals surface area (Å²) in [5.41, 5.74) is 1.89. The summed E-state index contributed by atoms with van der Waals surface area (Å²) in [5.74, 6) is 0.309. The van der Waals surface area contributed by atoms with Crippen LogP contribution >= 0.6 is 0 Å². The summed E-state index contributed by atoms with van der Waals surface area (Å²) in [6.07, 6.45) is 4.27. The van der Waals surface area contributed by atoms with E-state index in [0.717, 1.165) is 17.8 Å². The second-order valence-corrected chi connectivity index (χ2v) is 2.96. The fourth-order valence-corrected chi connectivity index (χ4v) is 1.19. The van der Waals surface area contributed by atoms with E-state index in [9.17, 15) is 0 Å².